The molecular weight excluding hydrogens is 464 g/mol. The van der Waals surface area contributed by atoms with Gasteiger partial charge in [0.05, 0.1) is 12.7 Å². The Bertz CT molecular complexity index is 926. The second-order valence-corrected chi connectivity index (χ2v) is 10.3. The van der Waals surface area contributed by atoms with Crippen LogP contribution < -0.4 is 4.74 Å². The summed E-state index contributed by atoms with van der Waals surface area (Å²) in [7, 11) is 0. The summed E-state index contributed by atoms with van der Waals surface area (Å²) in [5.41, 5.74) is 1.99. The Labute approximate surface area is 203 Å². The van der Waals surface area contributed by atoms with E-state index < -0.39 is 29.9 Å². The molecule has 2 aliphatic rings. The van der Waals surface area contributed by atoms with E-state index in [0.29, 0.717) is 30.2 Å². The van der Waals surface area contributed by atoms with Crippen molar-refractivity contribution in [1.29, 1.82) is 0 Å². The van der Waals surface area contributed by atoms with Crippen LogP contribution in [0.4, 0.5) is 0 Å². The number of hydrogen-bond donors (Lipinski definition) is 3. The maximum Gasteiger partial charge on any atom is 0.133 e. The minimum absolute atomic E-state index is 0.0458. The molecule has 7 atom stereocenters. The molecule has 180 valence electrons. The smallest absolute Gasteiger partial charge is 0.133 e. The minimum atomic E-state index is -1.32. The van der Waals surface area contributed by atoms with E-state index in [4.69, 9.17) is 25.8 Å². The van der Waals surface area contributed by atoms with Crippen molar-refractivity contribution in [2.45, 2.75) is 67.9 Å². The summed E-state index contributed by atoms with van der Waals surface area (Å²) in [5, 5.41) is 32.6. The number of ether oxygens (including phenoxy) is 3. The van der Waals surface area contributed by atoms with Gasteiger partial charge in [-0.2, -0.15) is 0 Å². The summed E-state index contributed by atoms with van der Waals surface area (Å²) < 4.78 is 17.3. The number of rotatable bonds is 7. The van der Waals surface area contributed by atoms with Crippen molar-refractivity contribution >= 4 is 23.4 Å². The van der Waals surface area contributed by atoms with E-state index in [2.05, 4.69) is 0 Å². The Hall–Kier alpha value is -1.32. The fourth-order valence-corrected chi connectivity index (χ4v) is 5.86. The van der Waals surface area contributed by atoms with Gasteiger partial charge in [-0.05, 0) is 61.6 Å². The predicted octanol–water partition coefficient (Wildman–Crippen LogP) is 3.72. The molecule has 3 N–H and O–H groups in total. The lowest BCUT2D eigenvalue weighted by molar-refractivity contribution is -0.200. The van der Waals surface area contributed by atoms with Crippen molar-refractivity contribution in [3.63, 3.8) is 0 Å². The highest BCUT2D eigenvalue weighted by molar-refractivity contribution is 8.00. The molecule has 0 aliphatic carbocycles. The van der Waals surface area contributed by atoms with Crippen LogP contribution in [0, 0.1) is 0 Å². The molecule has 2 aromatic rings. The van der Waals surface area contributed by atoms with Crippen LogP contribution in [-0.2, 0) is 15.9 Å². The summed E-state index contributed by atoms with van der Waals surface area (Å²) in [4.78, 5) is 0. The van der Waals surface area contributed by atoms with Crippen LogP contribution in [0.15, 0.2) is 42.5 Å². The van der Waals surface area contributed by atoms with Gasteiger partial charge in [-0.3, -0.25) is 0 Å². The first-order valence-corrected chi connectivity index (χ1v) is 12.7. The zero-order valence-corrected chi connectivity index (χ0v) is 20.3. The zero-order valence-electron chi connectivity index (χ0n) is 18.8. The fourth-order valence-electron chi connectivity index (χ4n) is 4.30. The third-order valence-electron chi connectivity index (χ3n) is 6.21. The van der Waals surface area contributed by atoms with Crippen molar-refractivity contribution in [2.24, 2.45) is 0 Å². The topological polar surface area (TPSA) is 88.4 Å². The van der Waals surface area contributed by atoms with Crippen molar-refractivity contribution in [3.8, 4) is 5.75 Å². The van der Waals surface area contributed by atoms with E-state index in [1.807, 2.05) is 44.2 Å². The van der Waals surface area contributed by atoms with Gasteiger partial charge in [0.15, 0.2) is 0 Å². The molecule has 0 aromatic heterocycles. The van der Waals surface area contributed by atoms with Gasteiger partial charge in [-0.15, -0.1) is 11.8 Å². The lowest BCUT2D eigenvalue weighted by Gasteiger charge is -2.41. The average molecular weight is 495 g/mol. The summed E-state index contributed by atoms with van der Waals surface area (Å²) in [6.45, 7) is 5.23. The minimum Gasteiger partial charge on any atom is -0.494 e. The van der Waals surface area contributed by atoms with E-state index in [1.165, 1.54) is 11.8 Å². The van der Waals surface area contributed by atoms with Crippen LogP contribution in [0.3, 0.4) is 0 Å². The van der Waals surface area contributed by atoms with E-state index in [0.717, 1.165) is 23.3 Å². The molecule has 0 radical (unpaired) electrons. The van der Waals surface area contributed by atoms with Gasteiger partial charge in [-0.25, -0.2) is 0 Å². The molecule has 33 heavy (non-hydrogen) atoms. The second kappa shape index (κ2) is 11.0. The van der Waals surface area contributed by atoms with Crippen molar-refractivity contribution in [1.82, 2.24) is 0 Å². The van der Waals surface area contributed by atoms with Gasteiger partial charge in [0.1, 0.15) is 35.6 Å². The van der Waals surface area contributed by atoms with Gasteiger partial charge in [0.25, 0.3) is 0 Å². The Morgan fingerprint density at radius 3 is 2.48 bits per heavy atom. The molecule has 4 rings (SSSR count). The van der Waals surface area contributed by atoms with Crippen LogP contribution in [0.5, 0.6) is 5.75 Å². The summed E-state index contributed by atoms with van der Waals surface area (Å²) in [5.74, 6) is 0.817. The average Bonchev–Trinajstić information content (AvgIpc) is 3.21. The summed E-state index contributed by atoms with van der Waals surface area (Å²) >= 11 is 7.93. The lowest BCUT2D eigenvalue weighted by Crippen LogP contribution is -2.53. The number of hydrogen-bond acceptors (Lipinski definition) is 7. The fraction of sp³-hybridized carbons (Fsp3) is 0.520. The molecule has 0 bridgehead atoms. The number of thioether (sulfide) groups is 1. The monoisotopic (exact) mass is 494 g/mol. The van der Waals surface area contributed by atoms with Crippen molar-refractivity contribution in [3.05, 3.63) is 64.2 Å². The number of benzene rings is 2. The molecule has 2 heterocycles. The van der Waals surface area contributed by atoms with Crippen LogP contribution in [0.25, 0.3) is 0 Å². The molecule has 0 amide bonds. The summed E-state index contributed by atoms with van der Waals surface area (Å²) in [6, 6.07) is 13.3. The maximum absolute atomic E-state index is 10.7. The van der Waals surface area contributed by atoms with Gasteiger partial charge < -0.3 is 29.5 Å². The molecule has 2 unspecified atom stereocenters. The van der Waals surface area contributed by atoms with Gasteiger partial charge in [-0.1, -0.05) is 35.9 Å². The number of halogens is 1. The maximum atomic E-state index is 10.7. The summed E-state index contributed by atoms with van der Waals surface area (Å²) in [6.07, 6.45) is -3.04. The molecule has 2 aromatic carbocycles. The molecule has 0 spiro atoms. The van der Waals surface area contributed by atoms with Gasteiger partial charge >= 0.3 is 0 Å². The van der Waals surface area contributed by atoms with Crippen LogP contribution in [0.1, 0.15) is 43.1 Å². The highest BCUT2D eigenvalue weighted by Gasteiger charge is 2.46. The molecular formula is C25H31ClO6S. The van der Waals surface area contributed by atoms with E-state index in [-0.39, 0.29) is 11.4 Å². The third kappa shape index (κ3) is 5.68. The SMILES string of the molecule is CCOc1ccc(Cc2cc([C@@H]3O[C@H](SC4CCOC4C)[C@@H](O)[C@H](O)[C@H]3O)ccc2Cl)cc1. The molecule has 6 nitrogen and oxygen atoms in total. The largest absolute Gasteiger partial charge is 0.494 e. The number of aliphatic hydroxyl groups is 3. The normalized spacial score (nSPS) is 32.1. The van der Waals surface area contributed by atoms with E-state index in [9.17, 15) is 15.3 Å². The number of aliphatic hydroxyl groups excluding tert-OH is 3. The third-order valence-corrected chi connectivity index (χ3v) is 8.21. The highest BCUT2D eigenvalue weighted by Crippen LogP contribution is 2.41. The van der Waals surface area contributed by atoms with Gasteiger partial charge in [0.2, 0.25) is 0 Å². The van der Waals surface area contributed by atoms with E-state index >= 15 is 0 Å². The lowest BCUT2D eigenvalue weighted by atomic mass is 9.92. The first-order valence-electron chi connectivity index (χ1n) is 11.3. The second-order valence-electron chi connectivity index (χ2n) is 8.54. The van der Waals surface area contributed by atoms with E-state index in [1.54, 1.807) is 12.1 Å². The molecule has 8 heteroatoms. The Morgan fingerprint density at radius 2 is 1.82 bits per heavy atom. The van der Waals surface area contributed by atoms with Crippen molar-refractivity contribution in [2.75, 3.05) is 13.2 Å². The predicted molar refractivity (Wildman–Crippen MR) is 129 cm³/mol. The van der Waals surface area contributed by atoms with Crippen LogP contribution in [-0.4, -0.2) is 63.6 Å². The quantitative estimate of drug-likeness (QED) is 0.540. The molecule has 2 saturated heterocycles. The van der Waals surface area contributed by atoms with Crippen LogP contribution in [0.2, 0.25) is 5.02 Å². The highest BCUT2D eigenvalue weighted by atomic mass is 35.5. The molecule has 2 aliphatic heterocycles. The Kier molecular flexibility index (Phi) is 8.23. The van der Waals surface area contributed by atoms with Crippen molar-refractivity contribution < 1.29 is 29.5 Å². The first-order chi connectivity index (χ1) is 15.9. The zero-order chi connectivity index (χ0) is 23.5. The first kappa shape index (κ1) is 24.8. The standard InChI is InChI=1S/C25H31ClO6S/c1-3-30-18-7-4-15(5-8-18)12-17-13-16(6-9-19(17)26)24-22(28)21(27)23(29)25(32-24)33-20-10-11-31-14(20)2/h4-9,13-14,20-25,27-29H,3,10-12H2,1-2H3/t14?,20?,21-,22-,23+,24+,25-/m1/s1. The molecule has 2 fully saturated rings. The molecule has 0 saturated carbocycles. The Morgan fingerprint density at radius 1 is 1.06 bits per heavy atom. The van der Waals surface area contributed by atoms with Gasteiger partial charge in [0, 0.05) is 16.9 Å². The Balaban J connectivity index is 1.52. The van der Waals surface area contributed by atoms with Crippen LogP contribution >= 0.6 is 23.4 Å².